The monoisotopic (exact) mass is 103 g/mol. The second kappa shape index (κ2) is 1.56. The maximum Gasteiger partial charge on any atom is 0.105 e. The molecule has 0 aliphatic heterocycles. The third-order valence-electron chi connectivity index (χ3n) is 1.15. The summed E-state index contributed by atoms with van der Waals surface area (Å²) in [5.41, 5.74) is 0. The zero-order chi connectivity index (χ0) is 5.28. The molecular weight excluding hydrogens is 97.0 g/mol. The molecule has 1 aliphatic rings. The summed E-state index contributed by atoms with van der Waals surface area (Å²) in [7, 11) is 0. The minimum atomic E-state index is -0.724. The second-order valence-corrected chi connectivity index (χ2v) is 1.82. The minimum Gasteiger partial charge on any atom is -0.247 e. The normalized spacial score (nSPS) is 37.9. The van der Waals surface area contributed by atoms with E-state index in [-0.39, 0.29) is 12.5 Å². The van der Waals surface area contributed by atoms with Crippen molar-refractivity contribution in [3.05, 3.63) is 4.91 Å². The average Bonchev–Trinajstić information content (AvgIpc) is 2.22. The molecule has 0 aromatic carbocycles. The molecule has 0 amide bonds. The van der Waals surface area contributed by atoms with Gasteiger partial charge in [-0.25, -0.2) is 4.39 Å². The van der Waals surface area contributed by atoms with Crippen molar-refractivity contribution in [1.82, 2.24) is 0 Å². The molecule has 0 aromatic heterocycles. The van der Waals surface area contributed by atoms with Gasteiger partial charge in [-0.1, -0.05) is 5.18 Å². The Balaban J connectivity index is 2.08. The van der Waals surface area contributed by atoms with E-state index in [0.717, 1.165) is 0 Å². The first-order valence-electron chi connectivity index (χ1n) is 2.28. The van der Waals surface area contributed by atoms with E-state index in [4.69, 9.17) is 0 Å². The van der Waals surface area contributed by atoms with Gasteiger partial charge in [0, 0.05) is 5.92 Å². The van der Waals surface area contributed by atoms with Crippen LogP contribution in [0.1, 0.15) is 6.42 Å². The van der Waals surface area contributed by atoms with E-state index in [1.807, 2.05) is 0 Å². The summed E-state index contributed by atoms with van der Waals surface area (Å²) in [5, 5.41) is 2.56. The second-order valence-electron chi connectivity index (χ2n) is 1.82. The van der Waals surface area contributed by atoms with E-state index < -0.39 is 6.17 Å². The number of halogens is 1. The molecule has 1 aliphatic carbocycles. The van der Waals surface area contributed by atoms with Crippen molar-refractivity contribution < 1.29 is 4.39 Å². The molecule has 1 fully saturated rings. The quantitative estimate of drug-likeness (QED) is 0.481. The van der Waals surface area contributed by atoms with Gasteiger partial charge in [-0.15, -0.1) is 0 Å². The van der Waals surface area contributed by atoms with Crippen molar-refractivity contribution in [1.29, 1.82) is 0 Å². The van der Waals surface area contributed by atoms with Crippen LogP contribution in [-0.4, -0.2) is 12.7 Å². The number of hydrogen-bond acceptors (Lipinski definition) is 2. The third kappa shape index (κ3) is 0.947. The molecule has 3 heteroatoms. The topological polar surface area (TPSA) is 29.4 Å². The third-order valence-corrected chi connectivity index (χ3v) is 1.15. The molecule has 0 saturated heterocycles. The van der Waals surface area contributed by atoms with Crippen molar-refractivity contribution in [3.8, 4) is 0 Å². The zero-order valence-corrected chi connectivity index (χ0v) is 3.80. The summed E-state index contributed by atoms with van der Waals surface area (Å²) in [5.74, 6) is -0.0301. The van der Waals surface area contributed by atoms with Crippen LogP contribution in [0.5, 0.6) is 0 Å². The molecular formula is C4H6FNO. The lowest BCUT2D eigenvalue weighted by Gasteiger charge is -1.75. The number of nitroso groups, excluding NO2 is 1. The number of hydrogen-bond donors (Lipinski definition) is 0. The van der Waals surface area contributed by atoms with E-state index in [1.54, 1.807) is 0 Å². The van der Waals surface area contributed by atoms with Gasteiger partial charge in [0.15, 0.2) is 0 Å². The predicted molar refractivity (Wildman–Crippen MR) is 23.7 cm³/mol. The van der Waals surface area contributed by atoms with E-state index in [0.29, 0.717) is 6.42 Å². The summed E-state index contributed by atoms with van der Waals surface area (Å²) >= 11 is 0. The van der Waals surface area contributed by atoms with Crippen LogP contribution in [0, 0.1) is 10.8 Å². The lowest BCUT2D eigenvalue weighted by Crippen LogP contribution is -1.82. The highest BCUT2D eigenvalue weighted by Gasteiger charge is 2.37. The molecule has 40 valence electrons. The van der Waals surface area contributed by atoms with Gasteiger partial charge in [-0.2, -0.15) is 4.91 Å². The summed E-state index contributed by atoms with van der Waals surface area (Å²) in [4.78, 5) is 9.38. The minimum absolute atomic E-state index is 0.0301. The molecule has 0 aromatic rings. The van der Waals surface area contributed by atoms with Crippen LogP contribution in [0.2, 0.25) is 0 Å². The highest BCUT2D eigenvalue weighted by Crippen LogP contribution is 2.33. The predicted octanol–water partition coefficient (Wildman–Crippen LogP) is 1.11. The SMILES string of the molecule is O=NCC1CC1F. The van der Waals surface area contributed by atoms with Gasteiger partial charge in [0.2, 0.25) is 0 Å². The van der Waals surface area contributed by atoms with E-state index >= 15 is 0 Å². The molecule has 2 atom stereocenters. The Labute approximate surface area is 40.7 Å². The van der Waals surface area contributed by atoms with Crippen LogP contribution in [0.3, 0.4) is 0 Å². The molecule has 0 N–H and O–H groups in total. The van der Waals surface area contributed by atoms with Crippen molar-refractivity contribution in [2.24, 2.45) is 11.1 Å². The van der Waals surface area contributed by atoms with Crippen LogP contribution < -0.4 is 0 Å². The van der Waals surface area contributed by atoms with Crippen molar-refractivity contribution >= 4 is 0 Å². The molecule has 2 unspecified atom stereocenters. The fraction of sp³-hybridized carbons (Fsp3) is 1.00. The van der Waals surface area contributed by atoms with Crippen LogP contribution in [0.15, 0.2) is 5.18 Å². The Bertz CT molecular complexity index is 85.8. The molecule has 0 radical (unpaired) electrons. The fourth-order valence-corrected chi connectivity index (χ4v) is 0.495. The molecule has 0 spiro atoms. The first-order valence-corrected chi connectivity index (χ1v) is 2.28. The van der Waals surface area contributed by atoms with E-state index in [9.17, 15) is 9.30 Å². The molecule has 2 nitrogen and oxygen atoms in total. The van der Waals surface area contributed by atoms with Crippen molar-refractivity contribution in [2.45, 2.75) is 12.6 Å². The fourth-order valence-electron chi connectivity index (χ4n) is 0.495. The van der Waals surface area contributed by atoms with E-state index in [2.05, 4.69) is 5.18 Å². The lowest BCUT2D eigenvalue weighted by atomic mass is 10.4. The van der Waals surface area contributed by atoms with Gasteiger partial charge >= 0.3 is 0 Å². The van der Waals surface area contributed by atoms with Gasteiger partial charge in [0.1, 0.15) is 6.17 Å². The summed E-state index contributed by atoms with van der Waals surface area (Å²) < 4.78 is 11.8. The van der Waals surface area contributed by atoms with Crippen LogP contribution in [0.25, 0.3) is 0 Å². The molecule has 1 saturated carbocycles. The Kier molecular flexibility index (Phi) is 1.04. The Hall–Kier alpha value is -0.470. The largest absolute Gasteiger partial charge is 0.247 e. The maximum absolute atomic E-state index is 11.8. The van der Waals surface area contributed by atoms with Crippen LogP contribution in [-0.2, 0) is 0 Å². The number of rotatable bonds is 2. The van der Waals surface area contributed by atoms with Crippen LogP contribution in [0.4, 0.5) is 4.39 Å². The lowest BCUT2D eigenvalue weighted by molar-refractivity contribution is 0.448. The highest BCUT2D eigenvalue weighted by molar-refractivity contribution is 4.87. The van der Waals surface area contributed by atoms with Crippen molar-refractivity contribution in [2.75, 3.05) is 6.54 Å². The number of nitrogens with zero attached hydrogens (tertiary/aromatic N) is 1. The molecule has 1 rings (SSSR count). The van der Waals surface area contributed by atoms with Gasteiger partial charge in [-0.3, -0.25) is 0 Å². The summed E-state index contributed by atoms with van der Waals surface area (Å²) in [6.07, 6.45) is -0.177. The van der Waals surface area contributed by atoms with Crippen molar-refractivity contribution in [3.63, 3.8) is 0 Å². The summed E-state index contributed by atoms with van der Waals surface area (Å²) in [6, 6.07) is 0. The van der Waals surface area contributed by atoms with Gasteiger partial charge in [-0.05, 0) is 6.42 Å². The first-order chi connectivity index (χ1) is 3.34. The molecule has 7 heavy (non-hydrogen) atoms. The summed E-state index contributed by atoms with van der Waals surface area (Å²) in [6.45, 7) is 0.168. The Morgan fingerprint density at radius 1 is 1.86 bits per heavy atom. The van der Waals surface area contributed by atoms with Gasteiger partial charge < -0.3 is 0 Å². The smallest absolute Gasteiger partial charge is 0.105 e. The molecule has 0 heterocycles. The molecule has 0 bridgehead atoms. The average molecular weight is 103 g/mol. The standard InChI is InChI=1S/C4H6FNO/c5-4-1-3(4)2-6-7/h3-4H,1-2H2. The Morgan fingerprint density at radius 2 is 2.43 bits per heavy atom. The number of alkyl halides is 1. The Morgan fingerprint density at radius 3 is 2.57 bits per heavy atom. The zero-order valence-electron chi connectivity index (χ0n) is 3.80. The first kappa shape index (κ1) is 4.68. The van der Waals surface area contributed by atoms with Crippen LogP contribution >= 0.6 is 0 Å². The van der Waals surface area contributed by atoms with Gasteiger partial charge in [0.25, 0.3) is 0 Å². The maximum atomic E-state index is 11.8. The highest BCUT2D eigenvalue weighted by atomic mass is 19.1. The van der Waals surface area contributed by atoms with E-state index in [1.165, 1.54) is 0 Å². The van der Waals surface area contributed by atoms with Gasteiger partial charge in [0.05, 0.1) is 6.54 Å².